The molecule has 0 atom stereocenters. The third kappa shape index (κ3) is 6.83. The lowest BCUT2D eigenvalue weighted by atomic mass is 10.1. The maximum absolute atomic E-state index is 13.5. The Morgan fingerprint density at radius 2 is 1.71 bits per heavy atom. The number of hydrogen-bond acceptors (Lipinski definition) is 9. The van der Waals surface area contributed by atoms with Gasteiger partial charge < -0.3 is 20.3 Å². The number of fused-ring (bicyclic) bond motifs is 1. The van der Waals surface area contributed by atoms with Crippen LogP contribution in [0.25, 0.3) is 16.7 Å². The van der Waals surface area contributed by atoms with Crippen molar-refractivity contribution in [1.29, 1.82) is 0 Å². The minimum absolute atomic E-state index is 0.0877. The van der Waals surface area contributed by atoms with Gasteiger partial charge in [0.25, 0.3) is 17.4 Å². The third-order valence-corrected chi connectivity index (χ3v) is 8.07. The average molecular weight is 653 g/mol. The number of rotatable bonds is 8. The fourth-order valence-electron chi connectivity index (χ4n) is 5.38. The molecule has 1 aliphatic rings. The van der Waals surface area contributed by atoms with Crippen molar-refractivity contribution in [3.05, 3.63) is 111 Å². The first kappa shape index (κ1) is 32.2. The predicted octanol–water partition coefficient (Wildman–Crippen LogP) is 3.93. The molecule has 2 N–H and O–H groups in total. The molecule has 6 rings (SSSR count). The van der Waals surface area contributed by atoms with Crippen LogP contribution in [-0.4, -0.2) is 67.0 Å². The molecule has 1 aromatic carbocycles. The third-order valence-electron chi connectivity index (χ3n) is 8.07. The van der Waals surface area contributed by atoms with Gasteiger partial charge in [-0.1, -0.05) is 0 Å². The van der Waals surface area contributed by atoms with Gasteiger partial charge in [0, 0.05) is 35.6 Å². The quantitative estimate of drug-likeness (QED) is 0.254. The van der Waals surface area contributed by atoms with Gasteiger partial charge in [0.1, 0.15) is 34.4 Å². The van der Waals surface area contributed by atoms with Crippen LogP contribution in [0.2, 0.25) is 0 Å². The molecule has 48 heavy (non-hydrogen) atoms. The highest BCUT2D eigenvalue weighted by atomic mass is 19.1. The fourth-order valence-corrected chi connectivity index (χ4v) is 5.38. The molecule has 4 aromatic heterocycles. The van der Waals surface area contributed by atoms with Crippen LogP contribution in [-0.2, 0) is 0 Å². The van der Waals surface area contributed by atoms with E-state index in [2.05, 4.69) is 37.5 Å². The maximum Gasteiger partial charge on any atom is 0.337 e. The van der Waals surface area contributed by atoms with Crippen molar-refractivity contribution in [1.82, 2.24) is 34.3 Å². The first-order chi connectivity index (χ1) is 23.1. The predicted molar refractivity (Wildman–Crippen MR) is 176 cm³/mol. The summed E-state index contributed by atoms with van der Waals surface area (Å²) in [6.07, 6.45) is 6.95. The zero-order valence-electron chi connectivity index (χ0n) is 26.5. The number of amides is 2. The Labute approximate surface area is 274 Å². The summed E-state index contributed by atoms with van der Waals surface area (Å²) in [5.74, 6) is -0.863. The summed E-state index contributed by atoms with van der Waals surface area (Å²) in [5, 5.41) is 6.36. The van der Waals surface area contributed by atoms with Gasteiger partial charge >= 0.3 is 5.69 Å². The highest BCUT2D eigenvalue weighted by Crippen LogP contribution is 2.30. The van der Waals surface area contributed by atoms with Crippen LogP contribution in [0.1, 0.15) is 53.6 Å². The number of halogens is 1. The van der Waals surface area contributed by atoms with E-state index in [0.29, 0.717) is 28.1 Å². The van der Waals surface area contributed by atoms with Crippen LogP contribution < -0.4 is 26.6 Å². The molecule has 5 aromatic rings. The minimum Gasteiger partial charge on any atom is -0.457 e. The minimum atomic E-state index is -0.896. The summed E-state index contributed by atoms with van der Waals surface area (Å²) in [6, 6.07) is 11.7. The van der Waals surface area contributed by atoms with Crippen LogP contribution in [0.3, 0.4) is 0 Å². The number of carbonyl (C=O) groups is 2. The van der Waals surface area contributed by atoms with E-state index in [9.17, 15) is 23.6 Å². The summed E-state index contributed by atoms with van der Waals surface area (Å²) in [5.41, 5.74) is -0.741. The van der Waals surface area contributed by atoms with E-state index < -0.39 is 29.0 Å². The Morgan fingerprint density at radius 1 is 0.958 bits per heavy atom. The number of anilines is 1. The normalized spacial score (nSPS) is 13.9. The number of ether oxygens (including phenoxy) is 1. The molecule has 0 saturated carbocycles. The summed E-state index contributed by atoms with van der Waals surface area (Å²) in [4.78, 5) is 67.4. The molecule has 0 aliphatic carbocycles. The van der Waals surface area contributed by atoms with Crippen molar-refractivity contribution in [2.75, 3.05) is 25.5 Å². The average Bonchev–Trinajstić information content (AvgIpc) is 3.07. The summed E-state index contributed by atoms with van der Waals surface area (Å²) in [7, 11) is 2.06. The van der Waals surface area contributed by atoms with Crippen molar-refractivity contribution in [3.63, 3.8) is 0 Å². The van der Waals surface area contributed by atoms with Crippen LogP contribution in [0, 0.1) is 5.82 Å². The van der Waals surface area contributed by atoms with Gasteiger partial charge in [-0.15, -0.1) is 0 Å². The van der Waals surface area contributed by atoms with Gasteiger partial charge in [0.05, 0.1) is 17.9 Å². The Bertz CT molecular complexity index is 2100. The van der Waals surface area contributed by atoms with Crippen molar-refractivity contribution in [2.24, 2.45) is 0 Å². The second-order valence-corrected chi connectivity index (χ2v) is 11.8. The molecule has 0 radical (unpaired) electrons. The van der Waals surface area contributed by atoms with Gasteiger partial charge in [-0.25, -0.2) is 23.7 Å². The molecule has 0 spiro atoms. The molecule has 1 fully saturated rings. The summed E-state index contributed by atoms with van der Waals surface area (Å²) in [6.45, 7) is 5.29. The fraction of sp³-hybridized carbons (Fsp3) is 0.265. The van der Waals surface area contributed by atoms with Crippen molar-refractivity contribution < 1.29 is 18.7 Å². The van der Waals surface area contributed by atoms with E-state index in [1.807, 2.05) is 0 Å². The Morgan fingerprint density at radius 3 is 2.40 bits per heavy atom. The second kappa shape index (κ2) is 13.5. The van der Waals surface area contributed by atoms with E-state index in [1.165, 1.54) is 23.0 Å². The highest BCUT2D eigenvalue weighted by molar-refractivity contribution is 6.04. The number of pyridine rings is 3. The molecular weight excluding hydrogens is 619 g/mol. The van der Waals surface area contributed by atoms with Gasteiger partial charge in [0.15, 0.2) is 0 Å². The molecular formula is C34H33FN8O5. The zero-order chi connectivity index (χ0) is 33.9. The van der Waals surface area contributed by atoms with E-state index in [-0.39, 0.29) is 29.0 Å². The maximum atomic E-state index is 13.5. The number of nitrogens with one attached hydrogen (secondary N) is 2. The zero-order valence-corrected chi connectivity index (χ0v) is 26.5. The van der Waals surface area contributed by atoms with Gasteiger partial charge in [-0.2, -0.15) is 0 Å². The Hall–Kier alpha value is -5.76. The number of carbonyl (C=O) groups excluding carboxylic acids is 2. The lowest BCUT2D eigenvalue weighted by molar-refractivity contribution is 0.0911. The standard InChI is InChI=1S/C34H33FN8O5/c1-20(2)42-19-26(33(46)43(34(42)47)30-9-4-21(35)17-38-30)31(44)39-22-5-7-24(8-6-22)48-29-10-13-36-28-18-37-27(16-25(28)29)32(45)40-23-11-14-41(3)15-12-23/h4-10,13,16-20,23H,11-12,14-15H2,1-3H3,(H,39,44)(H,40,45). The molecule has 5 heterocycles. The van der Waals surface area contributed by atoms with Gasteiger partial charge in [-0.05, 0) is 95.4 Å². The monoisotopic (exact) mass is 652 g/mol. The van der Waals surface area contributed by atoms with Crippen LogP contribution >= 0.6 is 0 Å². The molecule has 14 heteroatoms. The number of piperidine rings is 1. The van der Waals surface area contributed by atoms with Gasteiger partial charge in [-0.3, -0.25) is 23.9 Å². The number of hydrogen-bond donors (Lipinski definition) is 2. The molecule has 246 valence electrons. The molecule has 0 unspecified atom stereocenters. The lowest BCUT2D eigenvalue weighted by Crippen LogP contribution is -2.43. The molecule has 0 bridgehead atoms. The van der Waals surface area contributed by atoms with Gasteiger partial charge in [0.2, 0.25) is 0 Å². The first-order valence-corrected chi connectivity index (χ1v) is 15.4. The van der Waals surface area contributed by atoms with Crippen LogP contribution in [0.15, 0.2) is 82.9 Å². The smallest absolute Gasteiger partial charge is 0.337 e. The largest absolute Gasteiger partial charge is 0.457 e. The lowest BCUT2D eigenvalue weighted by Gasteiger charge is -2.29. The van der Waals surface area contributed by atoms with E-state index in [0.717, 1.165) is 42.8 Å². The van der Waals surface area contributed by atoms with Crippen LogP contribution in [0.4, 0.5) is 10.1 Å². The van der Waals surface area contributed by atoms with E-state index in [1.54, 1.807) is 56.4 Å². The van der Waals surface area contributed by atoms with E-state index >= 15 is 0 Å². The van der Waals surface area contributed by atoms with Crippen LogP contribution in [0.5, 0.6) is 11.5 Å². The number of likely N-dealkylation sites (tertiary alicyclic amines) is 1. The molecule has 1 saturated heterocycles. The SMILES string of the molecule is CC(C)n1cc(C(=O)Nc2ccc(Oc3ccnc4cnc(C(=O)NC5CCN(C)CC5)cc34)cc2)c(=O)n(-c2ccc(F)cn2)c1=O. The number of aromatic nitrogens is 5. The number of nitrogens with zero attached hydrogens (tertiary/aromatic N) is 6. The topological polar surface area (TPSA) is 153 Å². The molecule has 13 nitrogen and oxygen atoms in total. The number of benzene rings is 1. The van der Waals surface area contributed by atoms with Crippen molar-refractivity contribution in [2.45, 2.75) is 38.8 Å². The van der Waals surface area contributed by atoms with E-state index in [4.69, 9.17) is 4.74 Å². The molecule has 1 aliphatic heterocycles. The second-order valence-electron chi connectivity index (χ2n) is 11.8. The summed E-state index contributed by atoms with van der Waals surface area (Å²) < 4.78 is 21.6. The van der Waals surface area contributed by atoms with Crippen molar-refractivity contribution in [3.8, 4) is 17.3 Å². The molecule has 2 amide bonds. The van der Waals surface area contributed by atoms with Crippen molar-refractivity contribution >= 4 is 28.4 Å². The Kier molecular flexibility index (Phi) is 9.08. The Balaban J connectivity index is 1.20. The highest BCUT2D eigenvalue weighted by Gasteiger charge is 2.22. The summed E-state index contributed by atoms with van der Waals surface area (Å²) >= 11 is 0. The first-order valence-electron chi connectivity index (χ1n) is 15.4.